The summed E-state index contributed by atoms with van der Waals surface area (Å²) in [7, 11) is 3.93. The summed E-state index contributed by atoms with van der Waals surface area (Å²) in [6.07, 6.45) is 5.27. The number of phenolic OH excluding ortho intramolecular Hbond substituents is 1. The number of aromatic hydroxyl groups is 1. The fourth-order valence-corrected chi connectivity index (χ4v) is 4.63. The molecule has 158 valence electrons. The van der Waals surface area contributed by atoms with E-state index in [-0.39, 0.29) is 17.4 Å². The minimum absolute atomic E-state index is 0.0963. The number of phenols is 1. The maximum absolute atomic E-state index is 13.5. The molecule has 30 heavy (non-hydrogen) atoms. The highest BCUT2D eigenvalue weighted by molar-refractivity contribution is 5.93. The van der Waals surface area contributed by atoms with E-state index < -0.39 is 6.10 Å². The van der Waals surface area contributed by atoms with E-state index in [1.807, 2.05) is 37.2 Å². The highest BCUT2D eigenvalue weighted by Crippen LogP contribution is 2.32. The van der Waals surface area contributed by atoms with E-state index in [1.165, 1.54) is 0 Å². The molecule has 0 amide bonds. The van der Waals surface area contributed by atoms with Crippen molar-refractivity contribution in [2.45, 2.75) is 51.2 Å². The normalized spacial score (nSPS) is 19.2. The number of aromatic nitrogens is 2. The van der Waals surface area contributed by atoms with Crippen LogP contribution in [0.5, 0.6) is 5.75 Å². The van der Waals surface area contributed by atoms with Crippen LogP contribution in [0, 0.1) is 6.92 Å². The van der Waals surface area contributed by atoms with E-state index in [0.717, 1.165) is 48.1 Å². The molecule has 0 spiro atoms. The Balaban J connectivity index is 1.88. The Morgan fingerprint density at radius 1 is 1.17 bits per heavy atom. The van der Waals surface area contributed by atoms with Crippen molar-refractivity contribution in [3.8, 4) is 5.75 Å². The van der Waals surface area contributed by atoms with Gasteiger partial charge in [-0.1, -0.05) is 25.0 Å². The molecule has 2 N–H and O–H groups in total. The lowest BCUT2D eigenvalue weighted by atomic mass is 9.92. The number of anilines is 1. The Morgan fingerprint density at radius 3 is 2.53 bits per heavy atom. The lowest BCUT2D eigenvalue weighted by Crippen LogP contribution is -2.35. The zero-order valence-corrected chi connectivity index (χ0v) is 17.8. The Bertz CT molecular complexity index is 1120. The van der Waals surface area contributed by atoms with Crippen LogP contribution in [-0.4, -0.2) is 40.0 Å². The number of aliphatic hydroxyl groups is 1. The maximum Gasteiger partial charge on any atom is 0.261 e. The van der Waals surface area contributed by atoms with Crippen LogP contribution in [-0.2, 0) is 6.42 Å². The van der Waals surface area contributed by atoms with Crippen LogP contribution in [0.3, 0.4) is 0 Å². The van der Waals surface area contributed by atoms with Crippen molar-refractivity contribution in [3.63, 3.8) is 0 Å². The summed E-state index contributed by atoms with van der Waals surface area (Å²) in [5, 5.41) is 20.6. The van der Waals surface area contributed by atoms with Gasteiger partial charge in [0.1, 0.15) is 11.3 Å². The van der Waals surface area contributed by atoms with Gasteiger partial charge in [0.15, 0.2) is 0 Å². The third kappa shape index (κ3) is 3.67. The minimum atomic E-state index is -0.508. The smallest absolute Gasteiger partial charge is 0.261 e. The number of benzene rings is 2. The van der Waals surface area contributed by atoms with Gasteiger partial charge >= 0.3 is 0 Å². The second-order valence-electron chi connectivity index (χ2n) is 8.52. The topological polar surface area (TPSA) is 78.6 Å². The minimum Gasteiger partial charge on any atom is -0.508 e. The van der Waals surface area contributed by atoms with E-state index in [0.29, 0.717) is 17.3 Å². The second-order valence-corrected chi connectivity index (χ2v) is 8.52. The fraction of sp³-hybridized carbons (Fsp3) is 0.417. The van der Waals surface area contributed by atoms with Crippen molar-refractivity contribution in [3.05, 3.63) is 63.7 Å². The fourth-order valence-electron chi connectivity index (χ4n) is 4.63. The van der Waals surface area contributed by atoms with Gasteiger partial charge in [-0.25, -0.2) is 4.98 Å². The highest BCUT2D eigenvalue weighted by Gasteiger charge is 2.27. The molecule has 0 saturated heterocycles. The lowest BCUT2D eigenvalue weighted by molar-refractivity contribution is 0.0735. The molecule has 0 bridgehead atoms. The largest absolute Gasteiger partial charge is 0.508 e. The molecule has 0 aliphatic heterocycles. The molecular formula is C24H29N3O3. The van der Waals surface area contributed by atoms with E-state index in [2.05, 4.69) is 11.9 Å². The van der Waals surface area contributed by atoms with Gasteiger partial charge in [0.2, 0.25) is 0 Å². The molecule has 4 rings (SSSR count). The summed E-state index contributed by atoms with van der Waals surface area (Å²) in [6, 6.07) is 8.89. The Labute approximate surface area is 176 Å². The summed E-state index contributed by atoms with van der Waals surface area (Å²) >= 11 is 0. The first kappa shape index (κ1) is 20.4. The van der Waals surface area contributed by atoms with Crippen molar-refractivity contribution in [2.75, 3.05) is 19.0 Å². The Morgan fingerprint density at radius 2 is 1.87 bits per heavy atom. The van der Waals surface area contributed by atoms with Gasteiger partial charge in [-0.3, -0.25) is 9.36 Å². The highest BCUT2D eigenvalue weighted by atomic mass is 16.3. The van der Waals surface area contributed by atoms with Gasteiger partial charge in [-0.05, 0) is 61.1 Å². The average molecular weight is 408 g/mol. The molecule has 1 aromatic heterocycles. The van der Waals surface area contributed by atoms with Crippen LogP contribution in [0.25, 0.3) is 10.9 Å². The molecule has 0 radical (unpaired) electrons. The molecule has 2 atom stereocenters. The van der Waals surface area contributed by atoms with Gasteiger partial charge < -0.3 is 15.1 Å². The van der Waals surface area contributed by atoms with E-state index in [9.17, 15) is 15.0 Å². The number of fused-ring (bicyclic) bond motifs is 1. The standard InChI is InChI=1S/C24H29N3O3/c1-15-17(12-16-8-10-18(28)11-9-16)13-19-22(23(15)26(2)3)25-14-27(24(19)30)20-6-4-5-7-21(20)29/h8-11,13-14,20-21,28-29H,4-7,12H2,1-3H3. The third-order valence-corrected chi connectivity index (χ3v) is 6.24. The zero-order chi connectivity index (χ0) is 21.4. The summed E-state index contributed by atoms with van der Waals surface area (Å²) in [5.74, 6) is 0.237. The first-order valence-corrected chi connectivity index (χ1v) is 10.5. The Hall–Kier alpha value is -2.86. The first-order chi connectivity index (χ1) is 14.4. The van der Waals surface area contributed by atoms with Crippen LogP contribution in [0.4, 0.5) is 5.69 Å². The van der Waals surface area contributed by atoms with E-state index >= 15 is 0 Å². The zero-order valence-electron chi connectivity index (χ0n) is 17.8. The predicted molar refractivity (Wildman–Crippen MR) is 119 cm³/mol. The molecule has 1 saturated carbocycles. The van der Waals surface area contributed by atoms with E-state index in [1.54, 1.807) is 23.0 Å². The number of rotatable bonds is 4. The van der Waals surface area contributed by atoms with Crippen molar-refractivity contribution in [2.24, 2.45) is 0 Å². The molecule has 1 aliphatic carbocycles. The second kappa shape index (κ2) is 8.11. The quantitative estimate of drug-likeness (QED) is 0.692. The lowest BCUT2D eigenvalue weighted by Gasteiger charge is -2.29. The summed E-state index contributed by atoms with van der Waals surface area (Å²) in [6.45, 7) is 2.06. The molecule has 3 aromatic rings. The van der Waals surface area contributed by atoms with Gasteiger partial charge in [0.05, 0.1) is 29.5 Å². The Kier molecular flexibility index (Phi) is 5.52. The van der Waals surface area contributed by atoms with E-state index in [4.69, 9.17) is 0 Å². The van der Waals surface area contributed by atoms with Crippen molar-refractivity contribution >= 4 is 16.6 Å². The molecule has 2 unspecified atom stereocenters. The maximum atomic E-state index is 13.5. The van der Waals surface area contributed by atoms with Crippen LogP contribution in [0.15, 0.2) is 41.5 Å². The van der Waals surface area contributed by atoms with Crippen molar-refractivity contribution in [1.29, 1.82) is 0 Å². The van der Waals surface area contributed by atoms with Crippen LogP contribution >= 0.6 is 0 Å². The third-order valence-electron chi connectivity index (χ3n) is 6.24. The molecule has 6 heteroatoms. The van der Waals surface area contributed by atoms with Gasteiger partial charge in [0, 0.05) is 14.1 Å². The van der Waals surface area contributed by atoms with Crippen LogP contribution in [0.1, 0.15) is 48.4 Å². The monoisotopic (exact) mass is 407 g/mol. The van der Waals surface area contributed by atoms with Crippen LogP contribution < -0.4 is 10.5 Å². The van der Waals surface area contributed by atoms with Crippen LogP contribution in [0.2, 0.25) is 0 Å². The first-order valence-electron chi connectivity index (χ1n) is 10.5. The summed E-state index contributed by atoms with van der Waals surface area (Å²) in [4.78, 5) is 20.1. The summed E-state index contributed by atoms with van der Waals surface area (Å²) < 4.78 is 1.63. The van der Waals surface area contributed by atoms with Crippen molar-refractivity contribution in [1.82, 2.24) is 9.55 Å². The molecule has 6 nitrogen and oxygen atoms in total. The number of nitrogens with zero attached hydrogens (tertiary/aromatic N) is 3. The van der Waals surface area contributed by atoms with Gasteiger partial charge in [-0.2, -0.15) is 0 Å². The molecule has 2 aromatic carbocycles. The molecule has 1 heterocycles. The molecular weight excluding hydrogens is 378 g/mol. The molecule has 1 fully saturated rings. The SMILES string of the molecule is Cc1c(Cc2ccc(O)cc2)cc2c(=O)n(C3CCCCC3O)cnc2c1N(C)C. The predicted octanol–water partition coefficient (Wildman–Crippen LogP) is 3.54. The number of hydrogen-bond donors (Lipinski definition) is 2. The number of aliphatic hydroxyl groups excluding tert-OH is 1. The summed E-state index contributed by atoms with van der Waals surface area (Å²) in [5.41, 5.74) is 4.74. The van der Waals surface area contributed by atoms with Gasteiger partial charge in [0.25, 0.3) is 5.56 Å². The average Bonchev–Trinajstić information content (AvgIpc) is 2.71. The van der Waals surface area contributed by atoms with Crippen molar-refractivity contribution < 1.29 is 10.2 Å². The number of hydrogen-bond acceptors (Lipinski definition) is 5. The molecule has 1 aliphatic rings. The van der Waals surface area contributed by atoms with Gasteiger partial charge in [-0.15, -0.1) is 0 Å².